The summed E-state index contributed by atoms with van der Waals surface area (Å²) >= 11 is 0. The molecule has 3 aliphatic carbocycles. The number of esters is 1. The molecule has 0 aliphatic heterocycles. The van der Waals surface area contributed by atoms with Crippen molar-refractivity contribution in [3.63, 3.8) is 0 Å². The van der Waals surface area contributed by atoms with E-state index in [9.17, 15) is 4.79 Å². The molecule has 4 atom stereocenters. The summed E-state index contributed by atoms with van der Waals surface area (Å²) in [5.41, 5.74) is 6.69. The molecule has 3 saturated carbocycles. The number of nitrogens with zero attached hydrogens (tertiary/aromatic N) is 1. The molecular formula is C16H21N3O2. The number of anilines is 2. The Morgan fingerprint density at radius 2 is 2.14 bits per heavy atom. The minimum atomic E-state index is -0.353. The molecule has 112 valence electrons. The highest BCUT2D eigenvalue weighted by Gasteiger charge is 2.65. The van der Waals surface area contributed by atoms with Crippen LogP contribution < -0.4 is 11.1 Å². The molecule has 3 aliphatic rings. The topological polar surface area (TPSA) is 77.2 Å². The number of carbonyl (C=O) groups is 1. The van der Waals surface area contributed by atoms with Gasteiger partial charge in [0.25, 0.3) is 0 Å². The molecule has 0 saturated heterocycles. The maximum Gasteiger partial charge on any atom is 0.341 e. The second-order valence-electron chi connectivity index (χ2n) is 6.54. The number of ether oxygens (including phenoxy) is 1. The number of rotatable bonds is 4. The standard InChI is InChI=1S/C16H21N3O2/c1-2-21-16(20)11-6-10(17)7-18-15(11)19-14-12-8-3-4-9(5-8)13(12)14/h6-9,12-14H,2-5,17H2,1H3,(H,18,19). The highest BCUT2D eigenvalue weighted by Crippen LogP contribution is 2.66. The SMILES string of the molecule is CCOC(=O)c1cc(N)cnc1NC1C2C3CCC(C3)C12. The van der Waals surface area contributed by atoms with E-state index in [1.54, 1.807) is 19.2 Å². The second kappa shape index (κ2) is 4.61. The zero-order chi connectivity index (χ0) is 14.6. The molecule has 3 N–H and O–H groups in total. The van der Waals surface area contributed by atoms with Crippen molar-refractivity contribution in [3.05, 3.63) is 17.8 Å². The summed E-state index contributed by atoms with van der Waals surface area (Å²) < 4.78 is 5.10. The summed E-state index contributed by atoms with van der Waals surface area (Å²) in [7, 11) is 0. The minimum absolute atomic E-state index is 0.353. The molecule has 5 nitrogen and oxygen atoms in total. The Kier molecular flexibility index (Phi) is 2.84. The van der Waals surface area contributed by atoms with Crippen molar-refractivity contribution < 1.29 is 9.53 Å². The van der Waals surface area contributed by atoms with Crippen molar-refractivity contribution in [2.24, 2.45) is 23.7 Å². The lowest BCUT2D eigenvalue weighted by Crippen LogP contribution is -2.17. The van der Waals surface area contributed by atoms with Crippen molar-refractivity contribution in [1.29, 1.82) is 0 Å². The van der Waals surface area contributed by atoms with Crippen LogP contribution in [0.15, 0.2) is 12.3 Å². The molecule has 5 heteroatoms. The van der Waals surface area contributed by atoms with Gasteiger partial charge in [-0.15, -0.1) is 0 Å². The van der Waals surface area contributed by atoms with Gasteiger partial charge in [-0.05, 0) is 55.9 Å². The number of pyridine rings is 1. The lowest BCUT2D eigenvalue weighted by molar-refractivity contribution is 0.0527. The molecule has 4 rings (SSSR count). The molecule has 21 heavy (non-hydrogen) atoms. The van der Waals surface area contributed by atoms with Gasteiger partial charge >= 0.3 is 5.97 Å². The Morgan fingerprint density at radius 3 is 2.81 bits per heavy atom. The number of aromatic nitrogens is 1. The van der Waals surface area contributed by atoms with Crippen LogP contribution in [-0.2, 0) is 4.74 Å². The van der Waals surface area contributed by atoms with Crippen LogP contribution in [-0.4, -0.2) is 23.6 Å². The van der Waals surface area contributed by atoms with E-state index in [2.05, 4.69) is 10.3 Å². The van der Waals surface area contributed by atoms with Gasteiger partial charge in [-0.25, -0.2) is 9.78 Å². The predicted octanol–water partition coefficient (Wildman–Crippen LogP) is 2.30. The molecular weight excluding hydrogens is 266 g/mol. The Hall–Kier alpha value is -1.78. The molecule has 3 fully saturated rings. The number of carbonyl (C=O) groups excluding carboxylic acids is 1. The predicted molar refractivity (Wildman–Crippen MR) is 79.8 cm³/mol. The first kappa shape index (κ1) is 12.9. The molecule has 2 bridgehead atoms. The van der Waals surface area contributed by atoms with Crippen LogP contribution in [0.4, 0.5) is 11.5 Å². The molecule has 0 aromatic carbocycles. The van der Waals surface area contributed by atoms with Crippen molar-refractivity contribution in [1.82, 2.24) is 4.98 Å². The van der Waals surface area contributed by atoms with Crippen LogP contribution >= 0.6 is 0 Å². The van der Waals surface area contributed by atoms with Crippen LogP contribution in [0.5, 0.6) is 0 Å². The zero-order valence-corrected chi connectivity index (χ0v) is 12.2. The first-order chi connectivity index (χ1) is 10.2. The summed E-state index contributed by atoms with van der Waals surface area (Å²) in [6.07, 6.45) is 5.76. The average Bonchev–Trinajstić information content (AvgIpc) is 2.85. The van der Waals surface area contributed by atoms with Crippen LogP contribution in [0.3, 0.4) is 0 Å². The maximum atomic E-state index is 12.0. The smallest absolute Gasteiger partial charge is 0.341 e. The van der Waals surface area contributed by atoms with E-state index in [0.29, 0.717) is 29.7 Å². The number of hydrogen-bond acceptors (Lipinski definition) is 5. The Labute approximate surface area is 124 Å². The Morgan fingerprint density at radius 1 is 1.43 bits per heavy atom. The normalized spacial score (nSPS) is 35.4. The van der Waals surface area contributed by atoms with E-state index >= 15 is 0 Å². The van der Waals surface area contributed by atoms with Gasteiger partial charge in [0, 0.05) is 6.04 Å². The molecule has 4 unspecified atom stereocenters. The van der Waals surface area contributed by atoms with E-state index in [0.717, 1.165) is 23.7 Å². The van der Waals surface area contributed by atoms with E-state index in [-0.39, 0.29) is 5.97 Å². The number of nitrogens with two attached hydrogens (primary N) is 1. The van der Waals surface area contributed by atoms with Gasteiger partial charge < -0.3 is 15.8 Å². The van der Waals surface area contributed by atoms with Crippen molar-refractivity contribution >= 4 is 17.5 Å². The molecule has 0 spiro atoms. The third-order valence-electron chi connectivity index (χ3n) is 5.44. The average molecular weight is 287 g/mol. The van der Waals surface area contributed by atoms with E-state index in [1.165, 1.54) is 19.3 Å². The van der Waals surface area contributed by atoms with Crippen molar-refractivity contribution in [2.45, 2.75) is 32.2 Å². The van der Waals surface area contributed by atoms with Gasteiger partial charge in [-0.3, -0.25) is 0 Å². The quantitative estimate of drug-likeness (QED) is 0.831. The Balaban J connectivity index is 1.54. The lowest BCUT2D eigenvalue weighted by Gasteiger charge is -2.14. The van der Waals surface area contributed by atoms with Gasteiger partial charge in [0.05, 0.1) is 18.5 Å². The highest BCUT2D eigenvalue weighted by molar-refractivity contribution is 5.95. The summed E-state index contributed by atoms with van der Waals surface area (Å²) in [4.78, 5) is 16.4. The van der Waals surface area contributed by atoms with Crippen LogP contribution in [0.25, 0.3) is 0 Å². The largest absolute Gasteiger partial charge is 0.462 e. The van der Waals surface area contributed by atoms with Gasteiger partial charge in [-0.2, -0.15) is 0 Å². The number of fused-ring (bicyclic) bond motifs is 5. The van der Waals surface area contributed by atoms with Crippen LogP contribution in [0.2, 0.25) is 0 Å². The highest BCUT2D eigenvalue weighted by atomic mass is 16.5. The maximum absolute atomic E-state index is 12.0. The molecule has 0 amide bonds. The molecule has 0 radical (unpaired) electrons. The number of hydrogen-bond donors (Lipinski definition) is 2. The lowest BCUT2D eigenvalue weighted by atomic mass is 10.0. The van der Waals surface area contributed by atoms with Gasteiger partial charge in [0.2, 0.25) is 0 Å². The van der Waals surface area contributed by atoms with Crippen LogP contribution in [0.1, 0.15) is 36.5 Å². The van der Waals surface area contributed by atoms with E-state index in [1.807, 2.05) is 0 Å². The molecule has 1 aromatic rings. The fourth-order valence-electron chi connectivity index (χ4n) is 4.64. The van der Waals surface area contributed by atoms with Crippen molar-refractivity contribution in [2.75, 3.05) is 17.7 Å². The van der Waals surface area contributed by atoms with Gasteiger partial charge in [-0.1, -0.05) is 0 Å². The summed E-state index contributed by atoms with van der Waals surface area (Å²) in [6.45, 7) is 2.15. The van der Waals surface area contributed by atoms with Gasteiger partial charge in [0.1, 0.15) is 11.4 Å². The number of nitrogen functional groups attached to an aromatic ring is 1. The van der Waals surface area contributed by atoms with Crippen molar-refractivity contribution in [3.8, 4) is 0 Å². The monoisotopic (exact) mass is 287 g/mol. The fourth-order valence-corrected chi connectivity index (χ4v) is 4.64. The third-order valence-corrected chi connectivity index (χ3v) is 5.44. The summed E-state index contributed by atoms with van der Waals surface area (Å²) in [6, 6.07) is 2.14. The van der Waals surface area contributed by atoms with Crippen LogP contribution in [0, 0.1) is 23.7 Å². The third kappa shape index (κ3) is 1.98. The number of nitrogens with one attached hydrogen (secondary N) is 1. The van der Waals surface area contributed by atoms with Gasteiger partial charge in [0.15, 0.2) is 0 Å². The van der Waals surface area contributed by atoms with E-state index < -0.39 is 0 Å². The summed E-state index contributed by atoms with van der Waals surface area (Å²) in [5, 5.41) is 3.49. The molecule has 1 heterocycles. The zero-order valence-electron chi connectivity index (χ0n) is 12.2. The fraction of sp³-hybridized carbons (Fsp3) is 0.625. The minimum Gasteiger partial charge on any atom is -0.462 e. The Bertz CT molecular complexity index is 573. The van der Waals surface area contributed by atoms with E-state index in [4.69, 9.17) is 10.5 Å². The molecule has 1 aromatic heterocycles. The summed E-state index contributed by atoms with van der Waals surface area (Å²) in [5.74, 6) is 3.63. The first-order valence-electron chi connectivity index (χ1n) is 7.88. The second-order valence-corrected chi connectivity index (χ2v) is 6.54. The first-order valence-corrected chi connectivity index (χ1v) is 7.88.